The first-order valence-corrected chi connectivity index (χ1v) is 7.81. The van der Waals surface area contributed by atoms with E-state index in [1.165, 1.54) is 5.56 Å². The van der Waals surface area contributed by atoms with Gasteiger partial charge in [0.25, 0.3) is 0 Å². The van der Waals surface area contributed by atoms with Crippen molar-refractivity contribution in [1.29, 1.82) is 0 Å². The molecule has 0 heterocycles. The van der Waals surface area contributed by atoms with Crippen LogP contribution < -0.4 is 16.4 Å². The first-order valence-electron chi connectivity index (χ1n) is 7.81. The summed E-state index contributed by atoms with van der Waals surface area (Å²) in [6.45, 7) is 7.60. The number of nitrogens with two attached hydrogens (primary N) is 1. The molecule has 0 spiro atoms. The third-order valence-electron chi connectivity index (χ3n) is 3.42. The SMILES string of the molecule is CCNC(=NCC(C)(C)C(N)=O)NCCCc1ccccc1.I. The van der Waals surface area contributed by atoms with Gasteiger partial charge in [0.15, 0.2) is 5.96 Å². The van der Waals surface area contributed by atoms with Gasteiger partial charge in [-0.05, 0) is 39.2 Å². The number of amides is 1. The van der Waals surface area contributed by atoms with Crippen molar-refractivity contribution in [2.75, 3.05) is 19.6 Å². The van der Waals surface area contributed by atoms with E-state index >= 15 is 0 Å². The van der Waals surface area contributed by atoms with E-state index in [9.17, 15) is 4.79 Å². The molecule has 1 rings (SSSR count). The fraction of sp³-hybridized carbons (Fsp3) is 0.529. The van der Waals surface area contributed by atoms with Crippen LogP contribution >= 0.6 is 24.0 Å². The number of primary amides is 1. The normalized spacial score (nSPS) is 11.5. The number of hydrogen-bond donors (Lipinski definition) is 3. The Balaban J connectivity index is 0.00000484. The van der Waals surface area contributed by atoms with E-state index < -0.39 is 5.41 Å². The number of aryl methyl sites for hydroxylation is 1. The number of carbonyl (C=O) groups excluding carboxylic acids is 1. The maximum Gasteiger partial charge on any atom is 0.224 e. The summed E-state index contributed by atoms with van der Waals surface area (Å²) in [5.41, 5.74) is 6.07. The summed E-state index contributed by atoms with van der Waals surface area (Å²) in [7, 11) is 0. The fourth-order valence-corrected chi connectivity index (χ4v) is 1.84. The van der Waals surface area contributed by atoms with Crippen LogP contribution in [0.3, 0.4) is 0 Å². The second-order valence-corrected chi connectivity index (χ2v) is 5.96. The lowest BCUT2D eigenvalue weighted by molar-refractivity contribution is -0.125. The molecule has 0 fully saturated rings. The van der Waals surface area contributed by atoms with Crippen molar-refractivity contribution in [2.24, 2.45) is 16.1 Å². The average Bonchev–Trinajstić information content (AvgIpc) is 2.50. The van der Waals surface area contributed by atoms with Gasteiger partial charge in [-0.15, -0.1) is 24.0 Å². The zero-order valence-corrected chi connectivity index (χ0v) is 16.6. The van der Waals surface area contributed by atoms with Crippen molar-refractivity contribution in [3.05, 3.63) is 35.9 Å². The smallest absolute Gasteiger partial charge is 0.224 e. The number of carbonyl (C=O) groups is 1. The van der Waals surface area contributed by atoms with Crippen LogP contribution in [0.4, 0.5) is 0 Å². The van der Waals surface area contributed by atoms with Gasteiger partial charge in [-0.2, -0.15) is 0 Å². The molecular weight excluding hydrogens is 403 g/mol. The summed E-state index contributed by atoms with van der Waals surface area (Å²) in [4.78, 5) is 15.8. The summed E-state index contributed by atoms with van der Waals surface area (Å²) < 4.78 is 0. The van der Waals surface area contributed by atoms with Crippen LogP contribution in [-0.4, -0.2) is 31.5 Å². The van der Waals surface area contributed by atoms with Gasteiger partial charge in [0.1, 0.15) is 0 Å². The van der Waals surface area contributed by atoms with E-state index in [4.69, 9.17) is 5.73 Å². The number of hydrogen-bond acceptors (Lipinski definition) is 2. The molecule has 23 heavy (non-hydrogen) atoms. The molecule has 0 aliphatic carbocycles. The topological polar surface area (TPSA) is 79.5 Å². The van der Waals surface area contributed by atoms with Gasteiger partial charge < -0.3 is 16.4 Å². The molecule has 0 aliphatic rings. The lowest BCUT2D eigenvalue weighted by atomic mass is 9.93. The van der Waals surface area contributed by atoms with Crippen molar-refractivity contribution in [3.8, 4) is 0 Å². The highest BCUT2D eigenvalue weighted by Crippen LogP contribution is 2.13. The van der Waals surface area contributed by atoms with Gasteiger partial charge >= 0.3 is 0 Å². The molecule has 0 saturated heterocycles. The van der Waals surface area contributed by atoms with Gasteiger partial charge in [0.2, 0.25) is 5.91 Å². The number of halogens is 1. The minimum atomic E-state index is -0.633. The number of guanidine groups is 1. The van der Waals surface area contributed by atoms with Crippen molar-refractivity contribution in [3.63, 3.8) is 0 Å². The van der Waals surface area contributed by atoms with Crippen molar-refractivity contribution >= 4 is 35.8 Å². The van der Waals surface area contributed by atoms with Gasteiger partial charge in [0, 0.05) is 13.1 Å². The van der Waals surface area contributed by atoms with Crippen LogP contribution in [0.25, 0.3) is 0 Å². The second kappa shape index (κ2) is 11.3. The zero-order valence-electron chi connectivity index (χ0n) is 14.3. The predicted molar refractivity (Wildman–Crippen MR) is 107 cm³/mol. The predicted octanol–water partition coefficient (Wildman–Crippen LogP) is 2.30. The number of aliphatic imine (C=N–C) groups is 1. The summed E-state index contributed by atoms with van der Waals surface area (Å²) >= 11 is 0. The summed E-state index contributed by atoms with van der Waals surface area (Å²) in [6.07, 6.45) is 2.05. The molecule has 0 unspecified atom stereocenters. The molecule has 0 radical (unpaired) electrons. The Morgan fingerprint density at radius 1 is 1.22 bits per heavy atom. The van der Waals surface area contributed by atoms with Gasteiger partial charge in [-0.1, -0.05) is 30.3 Å². The second-order valence-electron chi connectivity index (χ2n) is 5.96. The standard InChI is InChI=1S/C17H28N4O.HI/c1-4-19-16(21-13-17(2,3)15(18)22)20-12-8-11-14-9-6-5-7-10-14;/h5-7,9-10H,4,8,11-13H2,1-3H3,(H2,18,22)(H2,19,20,21);1H. The molecular formula is C17H29IN4O. The largest absolute Gasteiger partial charge is 0.369 e. The Bertz CT molecular complexity index is 489. The molecule has 4 N–H and O–H groups in total. The fourth-order valence-electron chi connectivity index (χ4n) is 1.84. The van der Waals surface area contributed by atoms with E-state index in [0.717, 1.165) is 31.9 Å². The molecule has 1 aromatic carbocycles. The quantitative estimate of drug-likeness (QED) is 0.255. The minimum absolute atomic E-state index is 0. The lowest BCUT2D eigenvalue weighted by Gasteiger charge is -2.19. The summed E-state index contributed by atoms with van der Waals surface area (Å²) in [5, 5.41) is 6.47. The van der Waals surface area contributed by atoms with E-state index in [1.54, 1.807) is 13.8 Å². The number of benzene rings is 1. The Kier molecular flexibility index (Phi) is 10.6. The first-order chi connectivity index (χ1) is 10.5. The van der Waals surface area contributed by atoms with Crippen molar-refractivity contribution in [1.82, 2.24) is 10.6 Å². The van der Waals surface area contributed by atoms with E-state index in [0.29, 0.717) is 6.54 Å². The maximum absolute atomic E-state index is 11.3. The molecule has 6 heteroatoms. The lowest BCUT2D eigenvalue weighted by Crippen LogP contribution is -2.40. The third-order valence-corrected chi connectivity index (χ3v) is 3.42. The molecule has 1 aromatic rings. The maximum atomic E-state index is 11.3. The number of nitrogens with zero attached hydrogens (tertiary/aromatic N) is 1. The van der Waals surface area contributed by atoms with Crippen LogP contribution in [0.1, 0.15) is 32.8 Å². The molecule has 0 aromatic heterocycles. The molecule has 0 atom stereocenters. The van der Waals surface area contributed by atoms with Crippen LogP contribution in [0.15, 0.2) is 35.3 Å². The third kappa shape index (κ3) is 8.78. The molecule has 130 valence electrons. The number of rotatable bonds is 8. The molecule has 1 amide bonds. The zero-order chi connectivity index (χ0) is 16.4. The average molecular weight is 432 g/mol. The van der Waals surface area contributed by atoms with Crippen LogP contribution in [0, 0.1) is 5.41 Å². The van der Waals surface area contributed by atoms with E-state index in [1.807, 2.05) is 13.0 Å². The molecule has 0 bridgehead atoms. The van der Waals surface area contributed by atoms with Crippen LogP contribution in [0.5, 0.6) is 0 Å². The summed E-state index contributed by atoms with van der Waals surface area (Å²) in [5.74, 6) is 0.390. The Morgan fingerprint density at radius 3 is 2.43 bits per heavy atom. The van der Waals surface area contributed by atoms with Crippen LogP contribution in [-0.2, 0) is 11.2 Å². The molecule has 5 nitrogen and oxygen atoms in total. The molecule has 0 aliphatic heterocycles. The highest BCUT2D eigenvalue weighted by atomic mass is 127. The van der Waals surface area contributed by atoms with E-state index in [-0.39, 0.29) is 29.9 Å². The van der Waals surface area contributed by atoms with E-state index in [2.05, 4.69) is 39.9 Å². The monoisotopic (exact) mass is 432 g/mol. The highest BCUT2D eigenvalue weighted by Gasteiger charge is 2.24. The Morgan fingerprint density at radius 2 is 1.87 bits per heavy atom. The minimum Gasteiger partial charge on any atom is -0.369 e. The first kappa shape index (κ1) is 21.7. The Hall–Kier alpha value is -1.31. The highest BCUT2D eigenvalue weighted by molar-refractivity contribution is 14.0. The van der Waals surface area contributed by atoms with Gasteiger partial charge in [0.05, 0.1) is 12.0 Å². The summed E-state index contributed by atoms with van der Waals surface area (Å²) in [6, 6.07) is 10.4. The van der Waals surface area contributed by atoms with Crippen molar-refractivity contribution in [2.45, 2.75) is 33.6 Å². The van der Waals surface area contributed by atoms with Crippen molar-refractivity contribution < 1.29 is 4.79 Å². The van der Waals surface area contributed by atoms with Gasteiger partial charge in [-0.25, -0.2) is 0 Å². The van der Waals surface area contributed by atoms with Gasteiger partial charge in [-0.3, -0.25) is 9.79 Å². The molecule has 0 saturated carbocycles. The van der Waals surface area contributed by atoms with Crippen LogP contribution in [0.2, 0.25) is 0 Å². The Labute approximate surface area is 156 Å². The number of nitrogens with one attached hydrogen (secondary N) is 2.